The first-order valence-electron chi connectivity index (χ1n) is 3.76. The zero-order valence-electron chi connectivity index (χ0n) is 6.29. The maximum atomic E-state index is 11.1. The van der Waals surface area contributed by atoms with Gasteiger partial charge in [0.15, 0.2) is 0 Å². The van der Waals surface area contributed by atoms with Crippen molar-refractivity contribution in [1.29, 1.82) is 0 Å². The van der Waals surface area contributed by atoms with Crippen molar-refractivity contribution in [2.75, 3.05) is 19.7 Å². The zero-order chi connectivity index (χ0) is 8.27. The van der Waals surface area contributed by atoms with Gasteiger partial charge in [0.05, 0.1) is 5.38 Å². The lowest BCUT2D eigenvalue weighted by Crippen LogP contribution is -2.26. The summed E-state index contributed by atoms with van der Waals surface area (Å²) in [7, 11) is 0. The van der Waals surface area contributed by atoms with Gasteiger partial charge in [-0.2, -0.15) is 0 Å². The van der Waals surface area contributed by atoms with E-state index in [1.165, 1.54) is 0 Å². The number of nitrogens with zero attached hydrogens (tertiary/aromatic N) is 1. The molecule has 1 rings (SSSR count). The molecule has 1 N–H and O–H groups in total. The number of alkyl halides is 1. The molecule has 1 unspecified atom stereocenters. The van der Waals surface area contributed by atoms with Crippen LogP contribution in [0.5, 0.6) is 0 Å². The summed E-state index contributed by atoms with van der Waals surface area (Å²) in [6.45, 7) is 1.41. The second-order valence-corrected chi connectivity index (χ2v) is 3.34. The standard InChI is InChI=1S/C7H12ClNO2/c8-6-4-7(11)9(5-6)2-1-3-10/h6,10H,1-5H2. The van der Waals surface area contributed by atoms with Crippen molar-refractivity contribution < 1.29 is 9.90 Å². The Hall–Kier alpha value is -0.280. The van der Waals surface area contributed by atoms with E-state index in [1.54, 1.807) is 4.90 Å². The molecule has 0 aromatic heterocycles. The Kier molecular flexibility index (Phi) is 3.15. The SMILES string of the molecule is O=C1CC(Cl)CN1CCCO. The third kappa shape index (κ3) is 2.34. The highest BCUT2D eigenvalue weighted by atomic mass is 35.5. The molecule has 1 aliphatic heterocycles. The molecule has 0 aromatic rings. The van der Waals surface area contributed by atoms with E-state index >= 15 is 0 Å². The van der Waals surface area contributed by atoms with Crippen LogP contribution in [0.1, 0.15) is 12.8 Å². The Morgan fingerprint density at radius 2 is 2.45 bits per heavy atom. The lowest BCUT2D eigenvalue weighted by molar-refractivity contribution is -0.127. The summed E-state index contributed by atoms with van der Waals surface area (Å²) < 4.78 is 0. The van der Waals surface area contributed by atoms with E-state index in [-0.39, 0.29) is 17.9 Å². The molecule has 0 spiro atoms. The van der Waals surface area contributed by atoms with Crippen LogP contribution in [-0.4, -0.2) is 41.0 Å². The van der Waals surface area contributed by atoms with Crippen LogP contribution in [0.2, 0.25) is 0 Å². The molecule has 0 aliphatic carbocycles. The molecule has 64 valence electrons. The summed E-state index contributed by atoms with van der Waals surface area (Å²) in [5, 5.41) is 8.48. The lowest BCUT2D eigenvalue weighted by atomic mass is 10.4. The van der Waals surface area contributed by atoms with Crippen molar-refractivity contribution in [3.63, 3.8) is 0 Å². The number of halogens is 1. The van der Waals surface area contributed by atoms with E-state index in [0.717, 1.165) is 0 Å². The number of likely N-dealkylation sites (tertiary alicyclic amines) is 1. The van der Waals surface area contributed by atoms with E-state index in [0.29, 0.717) is 25.9 Å². The Bertz CT molecular complexity index is 151. The number of aliphatic hydroxyl groups excluding tert-OH is 1. The smallest absolute Gasteiger partial charge is 0.224 e. The van der Waals surface area contributed by atoms with Crippen molar-refractivity contribution in [1.82, 2.24) is 4.90 Å². The first kappa shape index (κ1) is 8.81. The molecule has 11 heavy (non-hydrogen) atoms. The van der Waals surface area contributed by atoms with Crippen LogP contribution in [0.3, 0.4) is 0 Å². The minimum absolute atomic E-state index is 0.0267. The maximum Gasteiger partial charge on any atom is 0.224 e. The molecule has 1 atom stereocenters. The topological polar surface area (TPSA) is 40.5 Å². The van der Waals surface area contributed by atoms with Crippen LogP contribution < -0.4 is 0 Å². The highest BCUT2D eigenvalue weighted by Crippen LogP contribution is 2.15. The second kappa shape index (κ2) is 3.93. The van der Waals surface area contributed by atoms with Crippen LogP contribution in [-0.2, 0) is 4.79 Å². The number of amides is 1. The van der Waals surface area contributed by atoms with Gasteiger partial charge >= 0.3 is 0 Å². The number of rotatable bonds is 3. The Labute approximate surface area is 70.9 Å². The van der Waals surface area contributed by atoms with Crippen molar-refractivity contribution in [3.8, 4) is 0 Å². The third-order valence-corrected chi connectivity index (χ3v) is 2.05. The molecule has 1 aliphatic rings. The van der Waals surface area contributed by atoms with E-state index < -0.39 is 0 Å². The molecule has 0 bridgehead atoms. The predicted molar refractivity (Wildman–Crippen MR) is 42.5 cm³/mol. The van der Waals surface area contributed by atoms with Crippen LogP contribution in [0.15, 0.2) is 0 Å². The lowest BCUT2D eigenvalue weighted by Gasteiger charge is -2.13. The summed E-state index contributed by atoms with van der Waals surface area (Å²) >= 11 is 5.76. The molecule has 0 saturated carbocycles. The summed E-state index contributed by atoms with van der Waals surface area (Å²) in [4.78, 5) is 12.8. The average molecular weight is 178 g/mol. The van der Waals surface area contributed by atoms with E-state index in [2.05, 4.69) is 0 Å². The highest BCUT2D eigenvalue weighted by molar-refractivity contribution is 6.22. The summed E-state index contributed by atoms with van der Waals surface area (Å²) in [5.74, 6) is 0.110. The fraction of sp³-hybridized carbons (Fsp3) is 0.857. The first-order valence-corrected chi connectivity index (χ1v) is 4.20. The molecule has 0 radical (unpaired) electrons. The largest absolute Gasteiger partial charge is 0.396 e. The molecule has 1 saturated heterocycles. The molecule has 1 amide bonds. The molecule has 1 fully saturated rings. The Morgan fingerprint density at radius 1 is 1.73 bits per heavy atom. The monoisotopic (exact) mass is 177 g/mol. The number of hydrogen-bond donors (Lipinski definition) is 1. The van der Waals surface area contributed by atoms with Crippen LogP contribution >= 0.6 is 11.6 Å². The number of carbonyl (C=O) groups excluding carboxylic acids is 1. The van der Waals surface area contributed by atoms with Crippen molar-refractivity contribution in [3.05, 3.63) is 0 Å². The van der Waals surface area contributed by atoms with Gasteiger partial charge in [0.1, 0.15) is 0 Å². The summed E-state index contributed by atoms with van der Waals surface area (Å²) in [6.07, 6.45) is 1.10. The Balaban J connectivity index is 2.29. The molecule has 1 heterocycles. The molecular formula is C7H12ClNO2. The van der Waals surface area contributed by atoms with Gasteiger partial charge in [0.2, 0.25) is 5.91 Å². The minimum Gasteiger partial charge on any atom is -0.396 e. The van der Waals surface area contributed by atoms with Crippen molar-refractivity contribution >= 4 is 17.5 Å². The molecular weight excluding hydrogens is 166 g/mol. The van der Waals surface area contributed by atoms with Gasteiger partial charge in [-0.25, -0.2) is 0 Å². The van der Waals surface area contributed by atoms with Gasteiger partial charge in [0.25, 0.3) is 0 Å². The Morgan fingerprint density at radius 3 is 2.91 bits per heavy atom. The number of aliphatic hydroxyl groups is 1. The normalized spacial score (nSPS) is 24.7. The fourth-order valence-electron chi connectivity index (χ4n) is 1.20. The fourth-order valence-corrected chi connectivity index (χ4v) is 1.50. The quantitative estimate of drug-likeness (QED) is 0.627. The first-order chi connectivity index (χ1) is 5.24. The predicted octanol–water partition coefficient (Wildman–Crippen LogP) is 0.208. The van der Waals surface area contributed by atoms with Gasteiger partial charge in [-0.05, 0) is 6.42 Å². The second-order valence-electron chi connectivity index (χ2n) is 2.72. The van der Waals surface area contributed by atoms with Crippen molar-refractivity contribution in [2.45, 2.75) is 18.2 Å². The van der Waals surface area contributed by atoms with Gasteiger partial charge in [-0.1, -0.05) is 0 Å². The van der Waals surface area contributed by atoms with Crippen LogP contribution in [0.4, 0.5) is 0 Å². The summed E-state index contributed by atoms with van der Waals surface area (Å²) in [5.41, 5.74) is 0. The highest BCUT2D eigenvalue weighted by Gasteiger charge is 2.26. The van der Waals surface area contributed by atoms with Gasteiger partial charge in [-0.15, -0.1) is 11.6 Å². The van der Waals surface area contributed by atoms with E-state index in [9.17, 15) is 4.79 Å². The van der Waals surface area contributed by atoms with E-state index in [4.69, 9.17) is 16.7 Å². The average Bonchev–Trinajstić information content (AvgIpc) is 2.26. The number of hydrogen-bond acceptors (Lipinski definition) is 2. The van der Waals surface area contributed by atoms with Gasteiger partial charge < -0.3 is 10.0 Å². The zero-order valence-corrected chi connectivity index (χ0v) is 7.05. The van der Waals surface area contributed by atoms with Gasteiger partial charge in [0, 0.05) is 26.1 Å². The van der Waals surface area contributed by atoms with Crippen LogP contribution in [0, 0.1) is 0 Å². The third-order valence-electron chi connectivity index (χ3n) is 1.75. The molecule has 3 nitrogen and oxygen atoms in total. The molecule has 4 heteroatoms. The van der Waals surface area contributed by atoms with Gasteiger partial charge in [-0.3, -0.25) is 4.79 Å². The molecule has 0 aromatic carbocycles. The minimum atomic E-state index is -0.0267. The van der Waals surface area contributed by atoms with Crippen LogP contribution in [0.25, 0.3) is 0 Å². The van der Waals surface area contributed by atoms with Crippen molar-refractivity contribution in [2.24, 2.45) is 0 Å². The number of carbonyl (C=O) groups is 1. The summed E-state index contributed by atoms with van der Waals surface area (Å²) in [6, 6.07) is 0. The maximum absolute atomic E-state index is 11.1. The van der Waals surface area contributed by atoms with E-state index in [1.807, 2.05) is 0 Å².